The highest BCUT2D eigenvalue weighted by Gasteiger charge is 2.23. The van der Waals surface area contributed by atoms with Crippen molar-refractivity contribution < 1.29 is 4.79 Å². The zero-order valence-corrected chi connectivity index (χ0v) is 20.9. The largest absolute Gasteiger partial charge is 0.325 e. The number of thioether (sulfide) groups is 1. The van der Waals surface area contributed by atoms with Gasteiger partial charge in [0.1, 0.15) is 4.83 Å². The minimum atomic E-state index is -0.184. The number of carbonyl (C=O) groups excluding carboxylic acids is 1. The van der Waals surface area contributed by atoms with E-state index in [0.29, 0.717) is 26.9 Å². The summed E-state index contributed by atoms with van der Waals surface area (Å²) in [6, 6.07) is 12.7. The molecule has 0 fully saturated rings. The molecule has 3 aromatic heterocycles. The Balaban J connectivity index is 1.34. The lowest BCUT2D eigenvalue weighted by atomic mass is 9.97. The second-order valence-electron chi connectivity index (χ2n) is 8.41. The summed E-state index contributed by atoms with van der Waals surface area (Å²) in [5.74, 6) is -0.0752. The Hall–Kier alpha value is -3.14. The lowest BCUT2D eigenvalue weighted by Crippen LogP contribution is -2.23. The number of amides is 1. The zero-order chi connectivity index (χ0) is 23.9. The van der Waals surface area contributed by atoms with E-state index in [4.69, 9.17) is 16.6 Å². The first-order valence-corrected chi connectivity index (χ1v) is 13.4. The SMILES string of the molecule is O=C(CSc1nc2sc3c(c2c(=O)n1-c1ccc(Cl)cc1)CCCC3)Nc1ccc2cn[nH]c2c1. The number of carbonyl (C=O) groups is 1. The molecule has 1 aliphatic carbocycles. The van der Waals surface area contributed by atoms with Crippen LogP contribution in [0, 0.1) is 0 Å². The highest BCUT2D eigenvalue weighted by Crippen LogP contribution is 2.35. The van der Waals surface area contributed by atoms with Crippen molar-refractivity contribution in [1.29, 1.82) is 0 Å². The Morgan fingerprint density at radius 3 is 2.86 bits per heavy atom. The number of anilines is 1. The van der Waals surface area contributed by atoms with Crippen LogP contribution >= 0.6 is 34.7 Å². The summed E-state index contributed by atoms with van der Waals surface area (Å²) in [5, 5.41) is 12.6. The molecule has 7 nitrogen and oxygen atoms in total. The van der Waals surface area contributed by atoms with Crippen LogP contribution in [0.25, 0.3) is 26.8 Å². The Bertz CT molecular complexity index is 1640. The summed E-state index contributed by atoms with van der Waals surface area (Å²) in [6.07, 6.45) is 5.85. The van der Waals surface area contributed by atoms with Crippen LogP contribution in [-0.4, -0.2) is 31.4 Å². The highest BCUT2D eigenvalue weighted by molar-refractivity contribution is 7.99. The summed E-state index contributed by atoms with van der Waals surface area (Å²) < 4.78 is 1.61. The minimum Gasteiger partial charge on any atom is -0.325 e. The molecule has 0 radical (unpaired) electrons. The van der Waals surface area contributed by atoms with E-state index in [0.717, 1.165) is 47.0 Å². The number of hydrogen-bond donors (Lipinski definition) is 2. The molecule has 6 rings (SSSR count). The van der Waals surface area contributed by atoms with Crippen LogP contribution in [0.1, 0.15) is 23.3 Å². The second-order valence-corrected chi connectivity index (χ2v) is 10.9. The van der Waals surface area contributed by atoms with Gasteiger partial charge in [-0.25, -0.2) is 4.98 Å². The smallest absolute Gasteiger partial charge is 0.267 e. The number of hydrogen-bond acceptors (Lipinski definition) is 6. The van der Waals surface area contributed by atoms with Crippen LogP contribution in [0.4, 0.5) is 5.69 Å². The third kappa shape index (κ3) is 4.24. The van der Waals surface area contributed by atoms with Crippen molar-refractivity contribution >= 4 is 67.4 Å². The molecule has 10 heteroatoms. The number of aromatic amines is 1. The molecule has 0 unspecified atom stereocenters. The molecule has 0 saturated carbocycles. The number of fused-ring (bicyclic) bond motifs is 4. The van der Waals surface area contributed by atoms with Crippen LogP contribution in [0.3, 0.4) is 0 Å². The monoisotopic (exact) mass is 521 g/mol. The van der Waals surface area contributed by atoms with Crippen molar-refractivity contribution in [3.8, 4) is 5.69 Å². The number of aromatic nitrogens is 4. The Morgan fingerprint density at radius 1 is 1.17 bits per heavy atom. The van der Waals surface area contributed by atoms with Crippen molar-refractivity contribution in [3.05, 3.63) is 74.5 Å². The van der Waals surface area contributed by atoms with Crippen LogP contribution in [-0.2, 0) is 17.6 Å². The summed E-state index contributed by atoms with van der Waals surface area (Å²) >= 11 is 8.95. The van der Waals surface area contributed by atoms with Gasteiger partial charge < -0.3 is 5.32 Å². The maximum atomic E-state index is 13.8. The van der Waals surface area contributed by atoms with Crippen LogP contribution in [0.2, 0.25) is 5.02 Å². The van der Waals surface area contributed by atoms with Crippen LogP contribution in [0.15, 0.2) is 58.6 Å². The van der Waals surface area contributed by atoms with Gasteiger partial charge in [0.15, 0.2) is 5.16 Å². The standard InChI is InChI=1S/C25H20ClN5O2S2/c26-15-6-9-17(10-7-15)31-24(33)22-18-3-1-2-4-20(18)35-23(22)29-25(31)34-13-21(32)28-16-8-5-14-12-27-30-19(14)11-16/h5-12H,1-4,13H2,(H,27,30)(H,28,32). The van der Waals surface area contributed by atoms with E-state index in [1.54, 1.807) is 46.4 Å². The topological polar surface area (TPSA) is 92.7 Å². The Kier molecular flexibility index (Phi) is 5.83. The first-order chi connectivity index (χ1) is 17.1. The molecule has 1 amide bonds. The van der Waals surface area contributed by atoms with Gasteiger partial charge in [-0.15, -0.1) is 11.3 Å². The zero-order valence-electron chi connectivity index (χ0n) is 18.5. The molecule has 5 aromatic rings. The number of benzene rings is 2. The third-order valence-electron chi connectivity index (χ3n) is 6.10. The van der Waals surface area contributed by atoms with Crippen molar-refractivity contribution in [3.63, 3.8) is 0 Å². The van der Waals surface area contributed by atoms with Gasteiger partial charge >= 0.3 is 0 Å². The fourth-order valence-electron chi connectivity index (χ4n) is 4.44. The molecule has 1 aliphatic rings. The molecule has 3 heterocycles. The highest BCUT2D eigenvalue weighted by atomic mass is 35.5. The summed E-state index contributed by atoms with van der Waals surface area (Å²) in [6.45, 7) is 0. The summed E-state index contributed by atoms with van der Waals surface area (Å²) in [5.41, 5.74) is 3.25. The maximum absolute atomic E-state index is 13.8. The van der Waals surface area contributed by atoms with Crippen molar-refractivity contribution in [1.82, 2.24) is 19.7 Å². The predicted octanol–water partition coefficient (Wildman–Crippen LogP) is 5.59. The van der Waals surface area contributed by atoms with E-state index in [-0.39, 0.29) is 17.2 Å². The van der Waals surface area contributed by atoms with Gasteiger partial charge in [0.2, 0.25) is 5.91 Å². The van der Waals surface area contributed by atoms with Gasteiger partial charge in [0.05, 0.1) is 28.5 Å². The van der Waals surface area contributed by atoms with Gasteiger partial charge in [-0.2, -0.15) is 5.10 Å². The molecule has 2 N–H and O–H groups in total. The molecular weight excluding hydrogens is 502 g/mol. The normalized spacial score (nSPS) is 13.3. The molecule has 0 spiro atoms. The molecule has 0 saturated heterocycles. The lowest BCUT2D eigenvalue weighted by Gasteiger charge is -2.14. The first kappa shape index (κ1) is 22.3. The Labute approximate surface area is 213 Å². The lowest BCUT2D eigenvalue weighted by molar-refractivity contribution is -0.113. The van der Waals surface area contributed by atoms with Crippen molar-refractivity contribution in [2.75, 3.05) is 11.1 Å². The number of nitrogens with one attached hydrogen (secondary N) is 2. The van der Waals surface area contributed by atoms with E-state index in [1.807, 2.05) is 18.2 Å². The fraction of sp³-hybridized carbons (Fsp3) is 0.200. The number of H-pyrrole nitrogens is 1. The summed E-state index contributed by atoms with van der Waals surface area (Å²) in [7, 11) is 0. The van der Waals surface area contributed by atoms with Gasteiger partial charge in [-0.1, -0.05) is 23.4 Å². The minimum absolute atomic E-state index is 0.0932. The molecule has 0 bridgehead atoms. The van der Waals surface area contributed by atoms with Crippen LogP contribution < -0.4 is 10.9 Å². The summed E-state index contributed by atoms with van der Waals surface area (Å²) in [4.78, 5) is 33.4. The fourth-order valence-corrected chi connectivity index (χ4v) is 6.68. The quantitative estimate of drug-likeness (QED) is 0.232. The van der Waals surface area contributed by atoms with E-state index >= 15 is 0 Å². The molecule has 0 aliphatic heterocycles. The Morgan fingerprint density at radius 2 is 2.00 bits per heavy atom. The number of aryl methyl sites for hydroxylation is 2. The van der Waals surface area contributed by atoms with Crippen molar-refractivity contribution in [2.45, 2.75) is 30.8 Å². The van der Waals surface area contributed by atoms with E-state index in [1.165, 1.54) is 16.6 Å². The number of nitrogens with zero attached hydrogens (tertiary/aromatic N) is 3. The average Bonchev–Trinajstić information content (AvgIpc) is 3.47. The van der Waals surface area contributed by atoms with Gasteiger partial charge in [0.25, 0.3) is 5.56 Å². The number of thiophene rings is 1. The molecular formula is C25H20ClN5O2S2. The maximum Gasteiger partial charge on any atom is 0.267 e. The molecule has 2 aromatic carbocycles. The number of halogens is 1. The van der Waals surface area contributed by atoms with Gasteiger partial charge in [0, 0.05) is 21.0 Å². The average molecular weight is 522 g/mol. The third-order valence-corrected chi connectivity index (χ3v) is 8.48. The molecule has 35 heavy (non-hydrogen) atoms. The molecule has 176 valence electrons. The second kappa shape index (κ2) is 9.14. The predicted molar refractivity (Wildman–Crippen MR) is 142 cm³/mol. The van der Waals surface area contributed by atoms with E-state index in [2.05, 4.69) is 15.5 Å². The van der Waals surface area contributed by atoms with E-state index < -0.39 is 0 Å². The van der Waals surface area contributed by atoms with Gasteiger partial charge in [-0.3, -0.25) is 19.3 Å². The van der Waals surface area contributed by atoms with E-state index in [9.17, 15) is 9.59 Å². The van der Waals surface area contributed by atoms with Gasteiger partial charge in [-0.05, 0) is 73.7 Å². The van der Waals surface area contributed by atoms with Crippen LogP contribution in [0.5, 0.6) is 0 Å². The first-order valence-electron chi connectivity index (χ1n) is 11.3. The molecule has 0 atom stereocenters. The number of rotatable bonds is 5. The van der Waals surface area contributed by atoms with Crippen molar-refractivity contribution in [2.24, 2.45) is 0 Å².